The molecule has 0 bridgehead atoms. The van der Waals surface area contributed by atoms with E-state index in [1.165, 1.54) is 0 Å². The van der Waals surface area contributed by atoms with Crippen molar-refractivity contribution in [1.82, 2.24) is 0 Å². The molecule has 0 saturated carbocycles. The third-order valence-corrected chi connectivity index (χ3v) is 2.84. The van der Waals surface area contributed by atoms with Crippen LogP contribution in [0.1, 0.15) is 12.0 Å². The van der Waals surface area contributed by atoms with Crippen LogP contribution in [0.2, 0.25) is 0 Å². The van der Waals surface area contributed by atoms with Crippen molar-refractivity contribution in [2.24, 2.45) is 0 Å². The SMILES string of the molecule is O=C1OCCC1Oc1ccc(Br)cc1CO. The maximum Gasteiger partial charge on any atom is 0.347 e. The third kappa shape index (κ3) is 2.36. The lowest BCUT2D eigenvalue weighted by molar-refractivity contribution is -0.143. The highest BCUT2D eigenvalue weighted by Gasteiger charge is 2.28. The van der Waals surface area contributed by atoms with Crippen LogP contribution in [-0.4, -0.2) is 23.8 Å². The number of cyclic esters (lactones) is 1. The Hall–Kier alpha value is -1.07. The van der Waals surface area contributed by atoms with E-state index in [1.54, 1.807) is 18.2 Å². The molecule has 1 aromatic carbocycles. The monoisotopic (exact) mass is 286 g/mol. The van der Waals surface area contributed by atoms with Gasteiger partial charge in [0.15, 0.2) is 6.10 Å². The van der Waals surface area contributed by atoms with Gasteiger partial charge in [-0.15, -0.1) is 0 Å². The van der Waals surface area contributed by atoms with Crippen molar-refractivity contribution in [3.63, 3.8) is 0 Å². The van der Waals surface area contributed by atoms with Gasteiger partial charge in [0.25, 0.3) is 0 Å². The topological polar surface area (TPSA) is 55.8 Å². The molecule has 4 nitrogen and oxygen atoms in total. The molecular weight excluding hydrogens is 276 g/mol. The zero-order valence-corrected chi connectivity index (χ0v) is 10.1. The van der Waals surface area contributed by atoms with Crippen molar-refractivity contribution in [2.45, 2.75) is 19.1 Å². The van der Waals surface area contributed by atoms with Crippen molar-refractivity contribution in [3.05, 3.63) is 28.2 Å². The van der Waals surface area contributed by atoms with Crippen LogP contribution in [0.4, 0.5) is 0 Å². The molecule has 1 heterocycles. The zero-order chi connectivity index (χ0) is 11.5. The quantitative estimate of drug-likeness (QED) is 0.859. The van der Waals surface area contributed by atoms with E-state index in [1.807, 2.05) is 0 Å². The summed E-state index contributed by atoms with van der Waals surface area (Å²) in [5, 5.41) is 9.17. The van der Waals surface area contributed by atoms with Crippen molar-refractivity contribution < 1.29 is 19.4 Å². The van der Waals surface area contributed by atoms with Gasteiger partial charge in [-0.2, -0.15) is 0 Å². The molecule has 1 atom stereocenters. The highest BCUT2D eigenvalue weighted by atomic mass is 79.9. The van der Waals surface area contributed by atoms with Gasteiger partial charge in [-0.05, 0) is 18.2 Å². The van der Waals surface area contributed by atoms with Gasteiger partial charge in [-0.25, -0.2) is 4.79 Å². The van der Waals surface area contributed by atoms with Gasteiger partial charge in [-0.3, -0.25) is 0 Å². The molecule has 1 aliphatic rings. The fourth-order valence-electron chi connectivity index (χ4n) is 1.52. The van der Waals surface area contributed by atoms with Gasteiger partial charge in [0.2, 0.25) is 0 Å². The molecule has 0 spiro atoms. The maximum absolute atomic E-state index is 11.2. The van der Waals surface area contributed by atoms with E-state index in [2.05, 4.69) is 15.9 Å². The summed E-state index contributed by atoms with van der Waals surface area (Å²) in [5.41, 5.74) is 0.647. The summed E-state index contributed by atoms with van der Waals surface area (Å²) in [6, 6.07) is 5.28. The largest absolute Gasteiger partial charge is 0.478 e. The Morgan fingerprint density at radius 3 is 3.00 bits per heavy atom. The normalized spacial score (nSPS) is 19.6. The molecule has 0 aromatic heterocycles. The number of esters is 1. The van der Waals surface area contributed by atoms with Crippen LogP contribution >= 0.6 is 15.9 Å². The first-order chi connectivity index (χ1) is 7.70. The number of benzene rings is 1. The summed E-state index contributed by atoms with van der Waals surface area (Å²) in [7, 11) is 0. The van der Waals surface area contributed by atoms with E-state index in [0.717, 1.165) is 4.47 Å². The molecule has 0 amide bonds. The summed E-state index contributed by atoms with van der Waals surface area (Å²) in [4.78, 5) is 11.2. The van der Waals surface area contributed by atoms with Crippen LogP contribution in [0.25, 0.3) is 0 Å². The second kappa shape index (κ2) is 4.84. The smallest absolute Gasteiger partial charge is 0.347 e. The molecule has 1 aromatic rings. The lowest BCUT2D eigenvalue weighted by Crippen LogP contribution is -2.22. The van der Waals surface area contributed by atoms with Gasteiger partial charge in [-0.1, -0.05) is 15.9 Å². The van der Waals surface area contributed by atoms with Crippen LogP contribution in [-0.2, 0) is 16.1 Å². The predicted molar refractivity (Wildman–Crippen MR) is 60.1 cm³/mol. The fraction of sp³-hybridized carbons (Fsp3) is 0.364. The van der Waals surface area contributed by atoms with Gasteiger partial charge >= 0.3 is 5.97 Å². The van der Waals surface area contributed by atoms with Crippen LogP contribution in [0, 0.1) is 0 Å². The first-order valence-electron chi connectivity index (χ1n) is 4.93. The minimum Gasteiger partial charge on any atom is -0.478 e. The van der Waals surface area contributed by atoms with E-state index >= 15 is 0 Å². The van der Waals surface area contributed by atoms with E-state index in [-0.39, 0.29) is 12.6 Å². The second-order valence-corrected chi connectivity index (χ2v) is 4.39. The standard InChI is InChI=1S/C11H11BrO4/c12-8-1-2-9(7(5-8)6-13)16-10-3-4-15-11(10)14/h1-2,5,10,13H,3-4,6H2. The number of halogens is 1. The molecule has 0 aliphatic carbocycles. The Bertz CT molecular complexity index is 405. The molecule has 5 heteroatoms. The van der Waals surface area contributed by atoms with E-state index in [9.17, 15) is 4.79 Å². The molecule has 1 N–H and O–H groups in total. The van der Waals surface area contributed by atoms with E-state index in [4.69, 9.17) is 14.6 Å². The second-order valence-electron chi connectivity index (χ2n) is 3.47. The minimum atomic E-state index is -0.550. The third-order valence-electron chi connectivity index (χ3n) is 2.35. The zero-order valence-electron chi connectivity index (χ0n) is 8.48. The lowest BCUT2D eigenvalue weighted by Gasteiger charge is -2.13. The minimum absolute atomic E-state index is 0.128. The summed E-state index contributed by atoms with van der Waals surface area (Å²) < 4.78 is 11.2. The van der Waals surface area contributed by atoms with Gasteiger partial charge in [0, 0.05) is 16.5 Å². The van der Waals surface area contributed by atoms with Crippen LogP contribution in [0.15, 0.2) is 22.7 Å². The highest BCUT2D eigenvalue weighted by molar-refractivity contribution is 9.10. The molecule has 1 saturated heterocycles. The average Bonchev–Trinajstić information content (AvgIpc) is 2.67. The number of hydrogen-bond acceptors (Lipinski definition) is 4. The molecule has 16 heavy (non-hydrogen) atoms. The molecule has 1 fully saturated rings. The number of ether oxygens (including phenoxy) is 2. The Morgan fingerprint density at radius 1 is 1.56 bits per heavy atom. The summed E-state index contributed by atoms with van der Waals surface area (Å²) in [5.74, 6) is 0.182. The highest BCUT2D eigenvalue weighted by Crippen LogP contribution is 2.25. The fourth-order valence-corrected chi connectivity index (χ4v) is 1.93. The average molecular weight is 287 g/mol. The molecule has 1 unspecified atom stereocenters. The van der Waals surface area contributed by atoms with Crippen LogP contribution in [0.5, 0.6) is 5.75 Å². The summed E-state index contributed by atoms with van der Waals surface area (Å²) in [6.45, 7) is 0.269. The Balaban J connectivity index is 2.17. The van der Waals surface area contributed by atoms with Crippen LogP contribution < -0.4 is 4.74 Å². The number of hydrogen-bond donors (Lipinski definition) is 1. The van der Waals surface area contributed by atoms with E-state index in [0.29, 0.717) is 24.3 Å². The van der Waals surface area contributed by atoms with Gasteiger partial charge in [0.1, 0.15) is 5.75 Å². The molecule has 86 valence electrons. The van der Waals surface area contributed by atoms with Gasteiger partial charge < -0.3 is 14.6 Å². The first kappa shape index (κ1) is 11.4. The maximum atomic E-state index is 11.2. The number of carbonyl (C=O) groups excluding carboxylic acids is 1. The Labute approximate surface area is 101 Å². The van der Waals surface area contributed by atoms with E-state index < -0.39 is 6.10 Å². The number of aliphatic hydroxyl groups excluding tert-OH is 1. The summed E-state index contributed by atoms with van der Waals surface area (Å²) >= 11 is 3.30. The van der Waals surface area contributed by atoms with Crippen molar-refractivity contribution in [1.29, 1.82) is 0 Å². The molecular formula is C11H11BrO4. The van der Waals surface area contributed by atoms with Crippen molar-refractivity contribution >= 4 is 21.9 Å². The Kier molecular flexibility index (Phi) is 3.46. The Morgan fingerprint density at radius 2 is 2.38 bits per heavy atom. The molecule has 2 rings (SSSR count). The molecule has 1 aliphatic heterocycles. The number of rotatable bonds is 3. The van der Waals surface area contributed by atoms with Crippen molar-refractivity contribution in [3.8, 4) is 5.75 Å². The lowest BCUT2D eigenvalue weighted by atomic mass is 10.2. The van der Waals surface area contributed by atoms with Crippen molar-refractivity contribution in [2.75, 3.05) is 6.61 Å². The number of carbonyl (C=O) groups is 1. The van der Waals surface area contributed by atoms with Gasteiger partial charge in [0.05, 0.1) is 13.2 Å². The van der Waals surface area contributed by atoms with Crippen LogP contribution in [0.3, 0.4) is 0 Å². The predicted octanol–water partition coefficient (Wildman–Crippen LogP) is 1.64. The molecule has 0 radical (unpaired) electrons. The first-order valence-corrected chi connectivity index (χ1v) is 5.72. The summed E-state index contributed by atoms with van der Waals surface area (Å²) in [6.07, 6.45) is 0.00576. The number of aliphatic hydroxyl groups is 1.